The fourth-order valence-corrected chi connectivity index (χ4v) is 2.78. The highest BCUT2D eigenvalue weighted by Gasteiger charge is 2.34. The van der Waals surface area contributed by atoms with Crippen LogP contribution in [0.4, 0.5) is 0 Å². The fraction of sp³-hybridized carbons (Fsp3) is 0.471. The zero-order valence-corrected chi connectivity index (χ0v) is 14.3. The van der Waals surface area contributed by atoms with E-state index in [0.717, 1.165) is 6.42 Å². The molecule has 25 heavy (non-hydrogen) atoms. The Labute approximate surface area is 145 Å². The first-order chi connectivity index (χ1) is 12.0. The monoisotopic (exact) mass is 350 g/mol. The number of nitrogens with one attached hydrogen (secondary N) is 1. The van der Waals surface area contributed by atoms with Crippen molar-refractivity contribution >= 4 is 17.8 Å². The number of carbonyl (C=O) groups excluding carboxylic acids is 2. The Morgan fingerprint density at radius 2 is 2.04 bits per heavy atom. The number of hydrogen-bond donors (Lipinski definition) is 2. The number of likely N-dealkylation sites (N-methyl/N-ethyl adjacent to an activating group) is 1. The van der Waals surface area contributed by atoms with Crippen LogP contribution in [0.5, 0.6) is 11.5 Å². The average Bonchev–Trinajstić information content (AvgIpc) is 3.09. The van der Waals surface area contributed by atoms with Crippen LogP contribution in [0.2, 0.25) is 0 Å². The zero-order chi connectivity index (χ0) is 18.4. The zero-order valence-electron chi connectivity index (χ0n) is 14.3. The molecule has 1 aromatic carbocycles. The number of likely N-dealkylation sites (tertiary alicyclic amines) is 1. The van der Waals surface area contributed by atoms with E-state index in [4.69, 9.17) is 14.6 Å². The molecular weight excluding hydrogens is 328 g/mol. The average molecular weight is 350 g/mol. The summed E-state index contributed by atoms with van der Waals surface area (Å²) in [5, 5.41) is 11.3. The first kappa shape index (κ1) is 18.6. The minimum atomic E-state index is -1.10. The second-order valence-electron chi connectivity index (χ2n) is 5.55. The summed E-state index contributed by atoms with van der Waals surface area (Å²) in [5.74, 6) is -1.00. The number of ether oxygens (including phenoxy) is 2. The van der Waals surface area contributed by atoms with Crippen molar-refractivity contribution in [1.82, 2.24) is 10.2 Å². The quantitative estimate of drug-likeness (QED) is 0.757. The molecule has 0 aromatic heterocycles. The van der Waals surface area contributed by atoms with Gasteiger partial charge in [-0.3, -0.25) is 9.59 Å². The van der Waals surface area contributed by atoms with Crippen molar-refractivity contribution in [2.45, 2.75) is 25.8 Å². The molecule has 0 spiro atoms. The number of aliphatic carboxylic acids is 1. The van der Waals surface area contributed by atoms with Crippen LogP contribution < -0.4 is 14.8 Å². The fourth-order valence-electron chi connectivity index (χ4n) is 2.78. The normalized spacial score (nSPS) is 16.4. The Kier molecular flexibility index (Phi) is 6.21. The van der Waals surface area contributed by atoms with Crippen molar-refractivity contribution < 1.29 is 29.0 Å². The number of nitrogens with zero attached hydrogens (tertiary/aromatic N) is 1. The van der Waals surface area contributed by atoms with Gasteiger partial charge in [0.15, 0.2) is 18.1 Å². The van der Waals surface area contributed by atoms with Crippen molar-refractivity contribution in [2.75, 3.05) is 26.8 Å². The van der Waals surface area contributed by atoms with Gasteiger partial charge in [-0.05, 0) is 38.0 Å². The summed E-state index contributed by atoms with van der Waals surface area (Å²) in [7, 11) is 1.55. The van der Waals surface area contributed by atoms with Gasteiger partial charge in [-0.25, -0.2) is 4.79 Å². The molecule has 2 N–H and O–H groups in total. The summed E-state index contributed by atoms with van der Waals surface area (Å²) in [4.78, 5) is 36.9. The lowest BCUT2D eigenvalue weighted by Crippen LogP contribution is -2.44. The van der Waals surface area contributed by atoms with E-state index in [1.165, 1.54) is 12.1 Å². The van der Waals surface area contributed by atoms with Crippen molar-refractivity contribution in [1.29, 1.82) is 0 Å². The number of carboxylic acid groups (broad SMARTS) is 1. The predicted octanol–water partition coefficient (Wildman–Crippen LogP) is 0.899. The lowest BCUT2D eigenvalue weighted by molar-refractivity contribution is -0.139. The van der Waals surface area contributed by atoms with Crippen LogP contribution in [0.3, 0.4) is 0 Å². The topological polar surface area (TPSA) is 105 Å². The third kappa shape index (κ3) is 4.40. The maximum Gasteiger partial charge on any atom is 0.341 e. The number of carboxylic acids is 1. The molecule has 8 heteroatoms. The van der Waals surface area contributed by atoms with Crippen molar-refractivity contribution in [3.63, 3.8) is 0 Å². The number of benzene rings is 1. The molecule has 0 bridgehead atoms. The Morgan fingerprint density at radius 1 is 1.28 bits per heavy atom. The van der Waals surface area contributed by atoms with Gasteiger partial charge in [0.05, 0.1) is 6.61 Å². The van der Waals surface area contributed by atoms with Gasteiger partial charge in [-0.1, -0.05) is 0 Å². The third-order valence-electron chi connectivity index (χ3n) is 3.90. The molecule has 1 heterocycles. The van der Waals surface area contributed by atoms with Crippen LogP contribution >= 0.6 is 0 Å². The summed E-state index contributed by atoms with van der Waals surface area (Å²) in [6.45, 7) is 2.12. The Balaban J connectivity index is 2.23. The van der Waals surface area contributed by atoms with Gasteiger partial charge in [-0.15, -0.1) is 0 Å². The van der Waals surface area contributed by atoms with E-state index in [9.17, 15) is 14.4 Å². The van der Waals surface area contributed by atoms with E-state index in [1.807, 2.05) is 0 Å². The predicted molar refractivity (Wildman–Crippen MR) is 88.9 cm³/mol. The number of hydrogen-bond acceptors (Lipinski definition) is 5. The first-order valence-electron chi connectivity index (χ1n) is 8.12. The van der Waals surface area contributed by atoms with E-state index in [1.54, 1.807) is 24.9 Å². The number of carbonyl (C=O) groups is 3. The summed E-state index contributed by atoms with van der Waals surface area (Å²) >= 11 is 0. The minimum absolute atomic E-state index is 0.183. The summed E-state index contributed by atoms with van der Waals surface area (Å²) < 4.78 is 10.6. The molecule has 0 saturated carbocycles. The number of rotatable bonds is 7. The van der Waals surface area contributed by atoms with E-state index < -0.39 is 18.6 Å². The standard InChI is InChI=1S/C17H22N2O6/c1-3-24-14-9-11(6-7-13(14)25-10-15(20)21)17(23)19-8-4-5-12(19)16(22)18-2/h6-7,9,12H,3-5,8,10H2,1-2H3,(H,18,22)(H,20,21)/t12-/m0/s1. The largest absolute Gasteiger partial charge is 0.490 e. The van der Waals surface area contributed by atoms with E-state index in [2.05, 4.69) is 5.32 Å². The first-order valence-corrected chi connectivity index (χ1v) is 8.12. The van der Waals surface area contributed by atoms with Crippen molar-refractivity contribution in [3.05, 3.63) is 23.8 Å². The Bertz CT molecular complexity index is 661. The minimum Gasteiger partial charge on any atom is -0.490 e. The molecule has 2 amide bonds. The molecule has 1 aliphatic rings. The van der Waals surface area contributed by atoms with Gasteiger partial charge in [0.1, 0.15) is 6.04 Å². The molecule has 0 aliphatic carbocycles. The molecular formula is C17H22N2O6. The molecule has 1 atom stereocenters. The maximum absolute atomic E-state index is 12.8. The molecule has 1 aliphatic heterocycles. The molecule has 1 fully saturated rings. The molecule has 1 saturated heterocycles. The van der Waals surface area contributed by atoms with Crippen LogP contribution in [0.25, 0.3) is 0 Å². The van der Waals surface area contributed by atoms with Gasteiger partial charge in [0, 0.05) is 19.2 Å². The highest BCUT2D eigenvalue weighted by molar-refractivity contribution is 5.98. The number of amides is 2. The summed E-state index contributed by atoms with van der Waals surface area (Å²) in [5.41, 5.74) is 0.363. The molecule has 8 nitrogen and oxygen atoms in total. The Hall–Kier alpha value is -2.77. The van der Waals surface area contributed by atoms with E-state index >= 15 is 0 Å². The van der Waals surface area contributed by atoms with Crippen LogP contribution in [-0.2, 0) is 9.59 Å². The highest BCUT2D eigenvalue weighted by atomic mass is 16.5. The summed E-state index contributed by atoms with van der Waals surface area (Å²) in [6.07, 6.45) is 1.39. The highest BCUT2D eigenvalue weighted by Crippen LogP contribution is 2.30. The van der Waals surface area contributed by atoms with Gasteiger partial charge in [0.2, 0.25) is 5.91 Å². The van der Waals surface area contributed by atoms with Crippen LogP contribution in [0.1, 0.15) is 30.1 Å². The van der Waals surface area contributed by atoms with E-state index in [-0.39, 0.29) is 17.6 Å². The van der Waals surface area contributed by atoms with Gasteiger partial charge >= 0.3 is 5.97 Å². The SMILES string of the molecule is CCOc1cc(C(=O)N2CCC[C@H]2C(=O)NC)ccc1OCC(=O)O. The van der Waals surface area contributed by atoms with Gasteiger partial charge < -0.3 is 24.8 Å². The molecule has 136 valence electrons. The van der Waals surface area contributed by atoms with Gasteiger partial charge in [0.25, 0.3) is 5.91 Å². The smallest absolute Gasteiger partial charge is 0.341 e. The van der Waals surface area contributed by atoms with Crippen LogP contribution in [0.15, 0.2) is 18.2 Å². The Morgan fingerprint density at radius 3 is 2.68 bits per heavy atom. The summed E-state index contributed by atoms with van der Waals surface area (Å²) in [6, 6.07) is 4.09. The van der Waals surface area contributed by atoms with Crippen LogP contribution in [-0.4, -0.2) is 60.6 Å². The molecule has 1 aromatic rings. The van der Waals surface area contributed by atoms with Crippen molar-refractivity contribution in [2.24, 2.45) is 0 Å². The maximum atomic E-state index is 12.8. The molecule has 0 radical (unpaired) electrons. The lowest BCUT2D eigenvalue weighted by atomic mass is 10.1. The molecule has 2 rings (SSSR count). The van der Waals surface area contributed by atoms with E-state index in [0.29, 0.717) is 30.9 Å². The molecule has 0 unspecified atom stereocenters. The lowest BCUT2D eigenvalue weighted by Gasteiger charge is -2.23. The second kappa shape index (κ2) is 8.36. The van der Waals surface area contributed by atoms with Crippen LogP contribution in [0, 0.1) is 0 Å². The third-order valence-corrected chi connectivity index (χ3v) is 3.90. The second-order valence-corrected chi connectivity index (χ2v) is 5.55. The van der Waals surface area contributed by atoms with Crippen molar-refractivity contribution in [3.8, 4) is 11.5 Å². The van der Waals surface area contributed by atoms with Gasteiger partial charge in [-0.2, -0.15) is 0 Å².